The Labute approximate surface area is 122 Å². The van der Waals surface area contributed by atoms with Crippen LogP contribution < -0.4 is 5.32 Å². The van der Waals surface area contributed by atoms with Crippen molar-refractivity contribution in [2.45, 2.75) is 25.8 Å². The molecule has 1 saturated heterocycles. The van der Waals surface area contributed by atoms with Crippen molar-refractivity contribution in [2.24, 2.45) is 0 Å². The number of hydrogen-bond acceptors (Lipinski definition) is 4. The smallest absolute Gasteiger partial charge is 0.246 e. The number of piperazine rings is 1. The first-order chi connectivity index (χ1) is 9.80. The van der Waals surface area contributed by atoms with Gasteiger partial charge in [-0.15, -0.1) is 0 Å². The summed E-state index contributed by atoms with van der Waals surface area (Å²) in [4.78, 5) is 36.9. The summed E-state index contributed by atoms with van der Waals surface area (Å²) < 4.78 is 12.8. The van der Waals surface area contributed by atoms with Gasteiger partial charge in [0.1, 0.15) is 5.82 Å². The van der Waals surface area contributed by atoms with Crippen LogP contribution in [0.25, 0.3) is 0 Å². The van der Waals surface area contributed by atoms with Crippen LogP contribution >= 0.6 is 0 Å². The zero-order valence-electron chi connectivity index (χ0n) is 12.0. The number of nitrogens with zero attached hydrogens (tertiary/aromatic N) is 1. The Balaban J connectivity index is 2.01. The first-order valence-electron chi connectivity index (χ1n) is 6.69. The van der Waals surface area contributed by atoms with Gasteiger partial charge in [-0.1, -0.05) is 0 Å². The van der Waals surface area contributed by atoms with Gasteiger partial charge in [-0.2, -0.15) is 0 Å². The zero-order chi connectivity index (χ0) is 15.6. The SMILES string of the molecule is CC1(C)C(=O)NC(=O)CN1CCC(=O)c1ccc(F)cc1. The standard InChI is InChI=1S/C15H17FN2O3/c1-15(2)14(21)17-13(20)9-18(15)8-7-12(19)10-3-5-11(16)6-4-10/h3-6H,7-9H2,1-2H3,(H,17,20,21). The third-order valence-corrected chi connectivity index (χ3v) is 3.71. The largest absolute Gasteiger partial charge is 0.294 e. The summed E-state index contributed by atoms with van der Waals surface area (Å²) in [5.74, 6) is -1.28. The average molecular weight is 292 g/mol. The molecule has 112 valence electrons. The average Bonchev–Trinajstić information content (AvgIpc) is 2.42. The summed E-state index contributed by atoms with van der Waals surface area (Å²) in [5, 5.41) is 2.28. The number of Topliss-reactive ketones (excluding diaryl/α,β-unsaturated/α-hetero) is 1. The van der Waals surface area contributed by atoms with E-state index >= 15 is 0 Å². The maximum absolute atomic E-state index is 12.8. The van der Waals surface area contributed by atoms with Crippen LogP contribution in [0.5, 0.6) is 0 Å². The molecule has 0 saturated carbocycles. The third-order valence-electron chi connectivity index (χ3n) is 3.71. The zero-order valence-corrected chi connectivity index (χ0v) is 12.0. The van der Waals surface area contributed by atoms with Gasteiger partial charge in [0.25, 0.3) is 0 Å². The van der Waals surface area contributed by atoms with Gasteiger partial charge in [0.05, 0.1) is 12.1 Å². The molecular weight excluding hydrogens is 275 g/mol. The van der Waals surface area contributed by atoms with Crippen molar-refractivity contribution in [2.75, 3.05) is 13.1 Å². The summed E-state index contributed by atoms with van der Waals surface area (Å²) in [5.41, 5.74) is -0.418. The van der Waals surface area contributed by atoms with E-state index in [1.807, 2.05) is 0 Å². The highest BCUT2D eigenvalue weighted by Crippen LogP contribution is 2.19. The van der Waals surface area contributed by atoms with E-state index in [9.17, 15) is 18.8 Å². The van der Waals surface area contributed by atoms with Gasteiger partial charge >= 0.3 is 0 Å². The molecule has 0 unspecified atom stereocenters. The number of nitrogens with one attached hydrogen (secondary N) is 1. The second-order valence-corrected chi connectivity index (χ2v) is 5.54. The van der Waals surface area contributed by atoms with Gasteiger partial charge in [0, 0.05) is 18.5 Å². The molecule has 1 heterocycles. The van der Waals surface area contributed by atoms with Crippen molar-refractivity contribution < 1.29 is 18.8 Å². The molecule has 0 atom stereocenters. The molecule has 21 heavy (non-hydrogen) atoms. The molecule has 0 aromatic heterocycles. The van der Waals surface area contributed by atoms with E-state index in [2.05, 4.69) is 5.32 Å². The molecule has 2 rings (SSSR count). The highest BCUT2D eigenvalue weighted by molar-refractivity contribution is 6.03. The number of amides is 2. The monoisotopic (exact) mass is 292 g/mol. The number of halogens is 1. The number of carbonyl (C=O) groups is 3. The predicted octanol–water partition coefficient (Wildman–Crippen LogP) is 1.14. The van der Waals surface area contributed by atoms with Gasteiger partial charge in [0.2, 0.25) is 11.8 Å². The van der Waals surface area contributed by atoms with Crippen LogP contribution in [0.3, 0.4) is 0 Å². The minimum atomic E-state index is -0.836. The van der Waals surface area contributed by atoms with Gasteiger partial charge in [-0.25, -0.2) is 4.39 Å². The minimum absolute atomic E-state index is 0.0788. The number of hydrogen-bond donors (Lipinski definition) is 1. The molecule has 0 bridgehead atoms. The number of rotatable bonds is 4. The third kappa shape index (κ3) is 3.33. The van der Waals surface area contributed by atoms with E-state index in [0.717, 1.165) is 0 Å². The van der Waals surface area contributed by atoms with E-state index in [4.69, 9.17) is 0 Å². The Bertz CT molecular complexity index is 581. The molecule has 1 fully saturated rings. The van der Waals surface area contributed by atoms with Crippen LogP contribution in [0.15, 0.2) is 24.3 Å². The maximum Gasteiger partial charge on any atom is 0.246 e. The summed E-state index contributed by atoms with van der Waals surface area (Å²) in [6, 6.07) is 5.32. The Morgan fingerprint density at radius 3 is 2.52 bits per heavy atom. The lowest BCUT2D eigenvalue weighted by atomic mass is 9.97. The van der Waals surface area contributed by atoms with Gasteiger partial charge in [0.15, 0.2) is 5.78 Å². The van der Waals surface area contributed by atoms with Crippen LogP contribution in [0.4, 0.5) is 4.39 Å². The molecule has 0 aliphatic carbocycles. The molecule has 0 spiro atoms. The van der Waals surface area contributed by atoms with Gasteiger partial charge < -0.3 is 0 Å². The lowest BCUT2D eigenvalue weighted by Crippen LogP contribution is -2.64. The molecule has 1 aliphatic rings. The van der Waals surface area contributed by atoms with Crippen molar-refractivity contribution in [1.29, 1.82) is 0 Å². The summed E-state index contributed by atoms with van der Waals surface area (Å²) in [6.07, 6.45) is 0.162. The number of carbonyl (C=O) groups excluding carboxylic acids is 3. The molecular formula is C15H17FN2O3. The Morgan fingerprint density at radius 1 is 1.29 bits per heavy atom. The fraction of sp³-hybridized carbons (Fsp3) is 0.400. The lowest BCUT2D eigenvalue weighted by molar-refractivity contribution is -0.145. The first kappa shape index (κ1) is 15.3. The van der Waals surface area contributed by atoms with Crippen molar-refractivity contribution in [3.8, 4) is 0 Å². The van der Waals surface area contributed by atoms with E-state index in [-0.39, 0.29) is 30.6 Å². The quantitative estimate of drug-likeness (QED) is 0.667. The highest BCUT2D eigenvalue weighted by Gasteiger charge is 2.40. The van der Waals surface area contributed by atoms with Crippen molar-refractivity contribution >= 4 is 17.6 Å². The summed E-state index contributed by atoms with van der Waals surface area (Å²) in [7, 11) is 0. The van der Waals surface area contributed by atoms with Crippen LogP contribution in [0, 0.1) is 5.82 Å². The Hall–Kier alpha value is -2.08. The molecule has 5 nitrogen and oxygen atoms in total. The van der Waals surface area contributed by atoms with E-state index in [0.29, 0.717) is 12.1 Å². The van der Waals surface area contributed by atoms with Crippen LogP contribution in [0.2, 0.25) is 0 Å². The topological polar surface area (TPSA) is 66.5 Å². The number of imide groups is 1. The first-order valence-corrected chi connectivity index (χ1v) is 6.69. The van der Waals surface area contributed by atoms with E-state index < -0.39 is 11.4 Å². The van der Waals surface area contributed by atoms with Crippen molar-refractivity contribution in [3.05, 3.63) is 35.6 Å². The van der Waals surface area contributed by atoms with Crippen LogP contribution in [0.1, 0.15) is 30.6 Å². The molecule has 0 radical (unpaired) electrons. The number of benzene rings is 1. The molecule has 1 aliphatic heterocycles. The fourth-order valence-corrected chi connectivity index (χ4v) is 2.21. The Morgan fingerprint density at radius 2 is 1.90 bits per heavy atom. The van der Waals surface area contributed by atoms with Crippen LogP contribution in [-0.2, 0) is 9.59 Å². The lowest BCUT2D eigenvalue weighted by Gasteiger charge is -2.39. The molecule has 6 heteroatoms. The van der Waals surface area contributed by atoms with Gasteiger partial charge in [-0.3, -0.25) is 24.6 Å². The second-order valence-electron chi connectivity index (χ2n) is 5.54. The molecule has 1 aromatic rings. The Kier molecular flexibility index (Phi) is 4.18. The fourth-order valence-electron chi connectivity index (χ4n) is 2.21. The van der Waals surface area contributed by atoms with Crippen LogP contribution in [-0.4, -0.2) is 41.1 Å². The summed E-state index contributed by atoms with van der Waals surface area (Å²) in [6.45, 7) is 3.78. The highest BCUT2D eigenvalue weighted by atomic mass is 19.1. The number of ketones is 1. The molecule has 1 N–H and O–H groups in total. The normalized spacial score (nSPS) is 18.4. The summed E-state index contributed by atoms with van der Waals surface area (Å²) >= 11 is 0. The van der Waals surface area contributed by atoms with Crippen molar-refractivity contribution in [3.63, 3.8) is 0 Å². The minimum Gasteiger partial charge on any atom is -0.294 e. The maximum atomic E-state index is 12.8. The van der Waals surface area contributed by atoms with Gasteiger partial charge in [-0.05, 0) is 38.1 Å². The van der Waals surface area contributed by atoms with Crippen molar-refractivity contribution in [1.82, 2.24) is 10.2 Å². The second kappa shape index (κ2) is 5.73. The predicted molar refractivity (Wildman–Crippen MR) is 74.1 cm³/mol. The molecule has 2 amide bonds. The van der Waals surface area contributed by atoms with E-state index in [1.165, 1.54) is 24.3 Å². The van der Waals surface area contributed by atoms with E-state index in [1.54, 1.807) is 18.7 Å². The molecule has 1 aromatic carbocycles.